The molecule has 0 saturated carbocycles. The molecule has 0 spiro atoms. The summed E-state index contributed by atoms with van der Waals surface area (Å²) in [5.41, 5.74) is 9.51. The lowest BCUT2D eigenvalue weighted by molar-refractivity contribution is -0.0750. The monoisotopic (exact) mass is 248 g/mol. The van der Waals surface area contributed by atoms with Gasteiger partial charge in [-0.25, -0.2) is 0 Å². The molecule has 1 heterocycles. The summed E-state index contributed by atoms with van der Waals surface area (Å²) in [6.07, 6.45) is 0.251. The molecule has 0 bridgehead atoms. The van der Waals surface area contributed by atoms with Gasteiger partial charge in [0.05, 0.1) is 11.7 Å². The summed E-state index contributed by atoms with van der Waals surface area (Å²) in [6.45, 7) is 11.0. The number of morpholine rings is 1. The third-order valence-electron chi connectivity index (χ3n) is 3.36. The van der Waals surface area contributed by atoms with Gasteiger partial charge in [0.1, 0.15) is 0 Å². The average molecular weight is 248 g/mol. The first kappa shape index (κ1) is 13.4. The minimum atomic E-state index is -0.103. The van der Waals surface area contributed by atoms with Crippen LogP contribution < -0.4 is 10.6 Å². The van der Waals surface area contributed by atoms with E-state index >= 15 is 0 Å². The molecule has 1 aromatic rings. The summed E-state index contributed by atoms with van der Waals surface area (Å²) in [5, 5.41) is 0. The third-order valence-corrected chi connectivity index (χ3v) is 3.36. The van der Waals surface area contributed by atoms with E-state index in [0.717, 1.165) is 13.1 Å². The molecule has 1 saturated heterocycles. The van der Waals surface area contributed by atoms with E-state index < -0.39 is 0 Å². The molecule has 1 aliphatic heterocycles. The predicted molar refractivity (Wildman–Crippen MR) is 75.9 cm³/mol. The maximum atomic E-state index is 5.95. The third kappa shape index (κ3) is 2.85. The van der Waals surface area contributed by atoms with Crippen LogP contribution in [0.3, 0.4) is 0 Å². The van der Waals surface area contributed by atoms with Crippen LogP contribution in [0.15, 0.2) is 18.2 Å². The zero-order valence-electron chi connectivity index (χ0n) is 11.9. The Hall–Kier alpha value is -1.06. The van der Waals surface area contributed by atoms with Crippen molar-refractivity contribution in [2.45, 2.75) is 45.9 Å². The van der Waals surface area contributed by atoms with Gasteiger partial charge in [0.15, 0.2) is 0 Å². The molecule has 1 aliphatic rings. The highest BCUT2D eigenvalue weighted by molar-refractivity contribution is 5.55. The molecule has 0 aromatic heterocycles. The van der Waals surface area contributed by atoms with Crippen LogP contribution in [-0.2, 0) is 11.3 Å². The number of benzene rings is 1. The molecule has 1 unspecified atom stereocenters. The smallest absolute Gasteiger partial charge is 0.0805 e. The number of rotatable bonds is 2. The minimum Gasteiger partial charge on any atom is -0.369 e. The molecule has 100 valence electrons. The van der Waals surface area contributed by atoms with Crippen molar-refractivity contribution in [2.24, 2.45) is 5.73 Å². The van der Waals surface area contributed by atoms with Crippen LogP contribution in [0.4, 0.5) is 5.69 Å². The van der Waals surface area contributed by atoms with Crippen molar-refractivity contribution in [2.75, 3.05) is 18.0 Å². The SMILES string of the molecule is Cc1ccc(N2CC(C)OC(C)(C)C2)c(CN)c1. The lowest BCUT2D eigenvalue weighted by Gasteiger charge is -2.43. The van der Waals surface area contributed by atoms with Crippen molar-refractivity contribution in [3.8, 4) is 0 Å². The Labute approximate surface area is 110 Å². The van der Waals surface area contributed by atoms with Crippen molar-refractivity contribution in [3.05, 3.63) is 29.3 Å². The van der Waals surface area contributed by atoms with Crippen molar-refractivity contribution >= 4 is 5.69 Å². The molecule has 3 nitrogen and oxygen atoms in total. The number of hydrogen-bond acceptors (Lipinski definition) is 3. The van der Waals surface area contributed by atoms with Gasteiger partial charge >= 0.3 is 0 Å². The second-order valence-electron chi connectivity index (χ2n) is 5.90. The van der Waals surface area contributed by atoms with Crippen molar-refractivity contribution < 1.29 is 4.74 Å². The first-order chi connectivity index (χ1) is 8.41. The van der Waals surface area contributed by atoms with Gasteiger partial charge in [-0.3, -0.25) is 0 Å². The van der Waals surface area contributed by atoms with Crippen molar-refractivity contribution in [1.29, 1.82) is 0 Å². The first-order valence-corrected chi connectivity index (χ1v) is 6.63. The van der Waals surface area contributed by atoms with E-state index in [9.17, 15) is 0 Å². The van der Waals surface area contributed by atoms with Crippen LogP contribution in [0.1, 0.15) is 31.9 Å². The van der Waals surface area contributed by atoms with Gasteiger partial charge in [-0.05, 0) is 39.3 Å². The normalized spacial score (nSPS) is 23.2. The fourth-order valence-electron chi connectivity index (χ4n) is 2.82. The Morgan fingerprint density at radius 3 is 2.78 bits per heavy atom. The summed E-state index contributed by atoms with van der Waals surface area (Å²) in [7, 11) is 0. The maximum Gasteiger partial charge on any atom is 0.0805 e. The van der Waals surface area contributed by atoms with Gasteiger partial charge in [-0.2, -0.15) is 0 Å². The van der Waals surface area contributed by atoms with Crippen LogP contribution in [-0.4, -0.2) is 24.8 Å². The van der Waals surface area contributed by atoms with Gasteiger partial charge in [0.2, 0.25) is 0 Å². The van der Waals surface area contributed by atoms with Gasteiger partial charge < -0.3 is 15.4 Å². The molecule has 1 aromatic carbocycles. The number of aryl methyl sites for hydroxylation is 1. The lowest BCUT2D eigenvalue weighted by atomic mass is 10.0. The van der Waals surface area contributed by atoms with Gasteiger partial charge in [-0.1, -0.05) is 17.7 Å². The molecule has 1 atom stereocenters. The zero-order chi connectivity index (χ0) is 13.3. The Balaban J connectivity index is 2.30. The molecular weight excluding hydrogens is 224 g/mol. The van der Waals surface area contributed by atoms with Gasteiger partial charge in [0.25, 0.3) is 0 Å². The van der Waals surface area contributed by atoms with Gasteiger partial charge in [-0.15, -0.1) is 0 Å². The summed E-state index contributed by atoms with van der Waals surface area (Å²) in [4.78, 5) is 2.40. The topological polar surface area (TPSA) is 38.5 Å². The Kier molecular flexibility index (Phi) is 3.64. The van der Waals surface area contributed by atoms with E-state index in [4.69, 9.17) is 10.5 Å². The van der Waals surface area contributed by atoms with Gasteiger partial charge in [0, 0.05) is 25.3 Å². The summed E-state index contributed by atoms with van der Waals surface area (Å²) in [5.74, 6) is 0. The first-order valence-electron chi connectivity index (χ1n) is 6.63. The molecular formula is C15H24N2O. The Morgan fingerprint density at radius 2 is 2.17 bits per heavy atom. The fraction of sp³-hybridized carbons (Fsp3) is 0.600. The number of anilines is 1. The molecule has 18 heavy (non-hydrogen) atoms. The maximum absolute atomic E-state index is 5.95. The van der Waals surface area contributed by atoms with E-state index in [1.807, 2.05) is 0 Å². The molecule has 2 rings (SSSR count). The zero-order valence-corrected chi connectivity index (χ0v) is 11.9. The van der Waals surface area contributed by atoms with E-state index in [-0.39, 0.29) is 11.7 Å². The molecule has 0 amide bonds. The lowest BCUT2D eigenvalue weighted by Crippen LogP contribution is -2.52. The van der Waals surface area contributed by atoms with Crippen LogP contribution in [0.5, 0.6) is 0 Å². The molecule has 1 fully saturated rings. The van der Waals surface area contributed by atoms with E-state index in [1.165, 1.54) is 16.8 Å². The number of hydrogen-bond donors (Lipinski definition) is 1. The summed E-state index contributed by atoms with van der Waals surface area (Å²) in [6, 6.07) is 6.52. The highest BCUT2D eigenvalue weighted by Gasteiger charge is 2.31. The quantitative estimate of drug-likeness (QED) is 0.873. The standard InChI is InChI=1S/C15H24N2O/c1-11-5-6-14(13(7-11)8-16)17-9-12(2)18-15(3,4)10-17/h5-7,12H,8-10,16H2,1-4H3. The van der Waals surface area contributed by atoms with Crippen LogP contribution in [0, 0.1) is 6.92 Å². The Morgan fingerprint density at radius 1 is 1.44 bits per heavy atom. The minimum absolute atomic E-state index is 0.103. The van der Waals surface area contributed by atoms with Crippen molar-refractivity contribution in [1.82, 2.24) is 0 Å². The number of ether oxygens (including phenoxy) is 1. The second kappa shape index (κ2) is 4.90. The van der Waals surface area contributed by atoms with Crippen LogP contribution in [0.25, 0.3) is 0 Å². The highest BCUT2D eigenvalue weighted by atomic mass is 16.5. The second-order valence-corrected chi connectivity index (χ2v) is 5.90. The largest absolute Gasteiger partial charge is 0.369 e. The molecule has 2 N–H and O–H groups in total. The van der Waals surface area contributed by atoms with Crippen LogP contribution in [0.2, 0.25) is 0 Å². The van der Waals surface area contributed by atoms with E-state index in [1.54, 1.807) is 0 Å². The summed E-state index contributed by atoms with van der Waals surface area (Å²) < 4.78 is 5.95. The molecule has 3 heteroatoms. The van der Waals surface area contributed by atoms with Crippen LogP contribution >= 0.6 is 0 Å². The fourth-order valence-corrected chi connectivity index (χ4v) is 2.82. The molecule has 0 aliphatic carbocycles. The number of nitrogens with two attached hydrogens (primary N) is 1. The molecule has 0 radical (unpaired) electrons. The van der Waals surface area contributed by atoms with Crippen molar-refractivity contribution in [3.63, 3.8) is 0 Å². The van der Waals surface area contributed by atoms with E-state index in [0.29, 0.717) is 6.54 Å². The van der Waals surface area contributed by atoms with E-state index in [2.05, 4.69) is 50.8 Å². The summed E-state index contributed by atoms with van der Waals surface area (Å²) >= 11 is 0. The Bertz CT molecular complexity index is 429. The average Bonchev–Trinajstić information content (AvgIpc) is 2.25. The predicted octanol–water partition coefficient (Wildman–Crippen LogP) is 2.46. The number of nitrogens with zero attached hydrogens (tertiary/aromatic N) is 1. The highest BCUT2D eigenvalue weighted by Crippen LogP contribution is 2.28.